The number of carbonyl (C=O) groups excluding carboxylic acids is 2. The number of ether oxygens (including phenoxy) is 1. The van der Waals surface area contributed by atoms with Crippen LogP contribution in [0.1, 0.15) is 97.4 Å². The molecule has 0 fully saturated rings. The van der Waals surface area contributed by atoms with Crippen molar-refractivity contribution in [2.75, 3.05) is 0 Å². The first kappa shape index (κ1) is 28.3. The van der Waals surface area contributed by atoms with Crippen molar-refractivity contribution in [2.24, 2.45) is 0 Å². The summed E-state index contributed by atoms with van der Waals surface area (Å²) in [7, 11) is 0. The minimum absolute atomic E-state index is 0.0721. The summed E-state index contributed by atoms with van der Waals surface area (Å²) in [5.41, 5.74) is 1.54. The lowest BCUT2D eigenvalue weighted by Crippen LogP contribution is -2.46. The maximum Gasteiger partial charge on any atom is 0.408 e. The third kappa shape index (κ3) is 11.4. The molecule has 0 aliphatic rings. The van der Waals surface area contributed by atoms with Crippen molar-refractivity contribution < 1.29 is 18.8 Å². The normalized spacial score (nSPS) is 12.3. The number of nitrogens with one attached hydrogen (secondary N) is 2. The van der Waals surface area contributed by atoms with Crippen LogP contribution in [0.3, 0.4) is 0 Å². The molecule has 0 spiro atoms. The second-order valence-corrected chi connectivity index (χ2v) is 10.0. The number of benzene rings is 1. The highest BCUT2D eigenvalue weighted by Crippen LogP contribution is 2.18. The summed E-state index contributed by atoms with van der Waals surface area (Å²) in [5.74, 6) is 0.398. The number of carbonyl (C=O) groups is 2. The lowest BCUT2D eigenvalue weighted by Gasteiger charge is -2.21. The number of aryl methyl sites for hydroxylation is 1. The Bertz CT molecular complexity index is 903. The second-order valence-electron chi connectivity index (χ2n) is 10.0. The first-order chi connectivity index (χ1) is 16.7. The molecule has 0 aliphatic heterocycles. The predicted molar refractivity (Wildman–Crippen MR) is 137 cm³/mol. The standard InChI is InChI=1S/C27H42N4O4/c1-6-7-8-9-10-11-12-13-14-21-15-17-22(18-16-21)24-30-23(35-31-24)19-28-25(32)20(2)29-26(33)34-27(3,4)5/h15-18,20H,6-14,19H2,1-5H3,(H,28,32)(H,29,33)/t20-/m0/s1. The second kappa shape index (κ2) is 14.5. The topological polar surface area (TPSA) is 106 Å². The van der Waals surface area contributed by atoms with E-state index in [9.17, 15) is 9.59 Å². The van der Waals surface area contributed by atoms with E-state index in [-0.39, 0.29) is 12.5 Å². The molecule has 2 N–H and O–H groups in total. The van der Waals surface area contributed by atoms with Crippen molar-refractivity contribution in [1.29, 1.82) is 0 Å². The number of alkyl carbamates (subject to hydrolysis) is 1. The molecule has 1 heterocycles. The highest BCUT2D eigenvalue weighted by Gasteiger charge is 2.21. The molecule has 2 aromatic rings. The molecular weight excluding hydrogens is 444 g/mol. The molecule has 2 amide bonds. The van der Waals surface area contributed by atoms with E-state index in [1.54, 1.807) is 27.7 Å². The van der Waals surface area contributed by atoms with E-state index in [1.807, 2.05) is 12.1 Å². The Hall–Kier alpha value is -2.90. The Morgan fingerprint density at radius 3 is 2.26 bits per heavy atom. The van der Waals surface area contributed by atoms with Gasteiger partial charge in [-0.15, -0.1) is 0 Å². The summed E-state index contributed by atoms with van der Waals surface area (Å²) in [6, 6.07) is 7.46. The van der Waals surface area contributed by atoms with Crippen LogP contribution in [-0.2, 0) is 22.5 Å². The molecule has 0 aliphatic carbocycles. The van der Waals surface area contributed by atoms with Crippen LogP contribution in [0.4, 0.5) is 4.79 Å². The summed E-state index contributed by atoms with van der Waals surface area (Å²) in [5, 5.41) is 9.20. The Morgan fingerprint density at radius 2 is 1.63 bits per heavy atom. The Morgan fingerprint density at radius 1 is 1.00 bits per heavy atom. The molecular formula is C27H42N4O4. The third-order valence-corrected chi connectivity index (χ3v) is 5.54. The van der Waals surface area contributed by atoms with Gasteiger partial charge >= 0.3 is 6.09 Å². The van der Waals surface area contributed by atoms with E-state index in [0.717, 1.165) is 12.0 Å². The Kier molecular flexibility index (Phi) is 11.7. The van der Waals surface area contributed by atoms with Gasteiger partial charge in [-0.3, -0.25) is 4.79 Å². The van der Waals surface area contributed by atoms with Crippen LogP contribution in [0, 0.1) is 0 Å². The maximum absolute atomic E-state index is 12.2. The summed E-state index contributed by atoms with van der Waals surface area (Å²) < 4.78 is 10.4. The van der Waals surface area contributed by atoms with Crippen LogP contribution < -0.4 is 10.6 Å². The van der Waals surface area contributed by atoms with Crippen LogP contribution >= 0.6 is 0 Å². The fourth-order valence-electron chi connectivity index (χ4n) is 3.59. The van der Waals surface area contributed by atoms with Crippen LogP contribution in [-0.4, -0.2) is 33.8 Å². The lowest BCUT2D eigenvalue weighted by atomic mass is 10.0. The average molecular weight is 487 g/mol. The first-order valence-corrected chi connectivity index (χ1v) is 12.9. The summed E-state index contributed by atoms with van der Waals surface area (Å²) in [4.78, 5) is 28.4. The number of unbranched alkanes of at least 4 members (excludes halogenated alkanes) is 7. The fourth-order valence-corrected chi connectivity index (χ4v) is 3.59. The van der Waals surface area contributed by atoms with Gasteiger partial charge < -0.3 is 19.9 Å². The Balaban J connectivity index is 1.72. The van der Waals surface area contributed by atoms with Gasteiger partial charge in [0, 0.05) is 5.56 Å². The number of amides is 2. The molecule has 8 heteroatoms. The van der Waals surface area contributed by atoms with Gasteiger partial charge in [-0.25, -0.2) is 4.79 Å². The van der Waals surface area contributed by atoms with Crippen molar-refractivity contribution in [1.82, 2.24) is 20.8 Å². The molecule has 1 aromatic carbocycles. The Labute approximate surface area is 209 Å². The molecule has 2 rings (SSSR count). The van der Waals surface area contributed by atoms with Crippen molar-refractivity contribution in [2.45, 2.75) is 111 Å². The summed E-state index contributed by atoms with van der Waals surface area (Å²) in [6.07, 6.45) is 11.0. The summed E-state index contributed by atoms with van der Waals surface area (Å²) in [6.45, 7) is 9.18. The van der Waals surface area contributed by atoms with Crippen molar-refractivity contribution in [3.8, 4) is 11.4 Å². The molecule has 8 nitrogen and oxygen atoms in total. The van der Waals surface area contributed by atoms with Gasteiger partial charge in [-0.2, -0.15) is 4.98 Å². The number of rotatable bonds is 14. The molecule has 0 radical (unpaired) electrons. The van der Waals surface area contributed by atoms with Gasteiger partial charge in [-0.05, 0) is 46.1 Å². The van der Waals surface area contributed by atoms with Crippen LogP contribution in [0.5, 0.6) is 0 Å². The molecule has 0 saturated heterocycles. The maximum atomic E-state index is 12.2. The predicted octanol–water partition coefficient (Wildman–Crippen LogP) is 5.95. The average Bonchev–Trinajstić information content (AvgIpc) is 3.27. The van der Waals surface area contributed by atoms with E-state index < -0.39 is 17.7 Å². The van der Waals surface area contributed by atoms with Gasteiger partial charge in [0.05, 0.1) is 6.54 Å². The molecule has 35 heavy (non-hydrogen) atoms. The highest BCUT2D eigenvalue weighted by molar-refractivity contribution is 5.85. The zero-order chi connectivity index (χ0) is 25.7. The van der Waals surface area contributed by atoms with Gasteiger partial charge in [0.1, 0.15) is 11.6 Å². The molecule has 1 aromatic heterocycles. The van der Waals surface area contributed by atoms with Crippen molar-refractivity contribution >= 4 is 12.0 Å². The van der Waals surface area contributed by atoms with Crippen LogP contribution in [0.2, 0.25) is 0 Å². The van der Waals surface area contributed by atoms with E-state index in [2.05, 4.69) is 39.8 Å². The van der Waals surface area contributed by atoms with Gasteiger partial charge in [-0.1, -0.05) is 81.3 Å². The van der Waals surface area contributed by atoms with Crippen LogP contribution in [0.15, 0.2) is 28.8 Å². The van der Waals surface area contributed by atoms with E-state index in [0.29, 0.717) is 11.7 Å². The molecule has 0 unspecified atom stereocenters. The monoisotopic (exact) mass is 486 g/mol. The molecule has 0 saturated carbocycles. The smallest absolute Gasteiger partial charge is 0.408 e. The molecule has 1 atom stereocenters. The van der Waals surface area contributed by atoms with Crippen molar-refractivity contribution in [3.63, 3.8) is 0 Å². The van der Waals surface area contributed by atoms with Gasteiger partial charge in [0.25, 0.3) is 0 Å². The number of nitrogens with zero attached hydrogens (tertiary/aromatic N) is 2. The number of aromatic nitrogens is 2. The molecule has 194 valence electrons. The van der Waals surface area contributed by atoms with E-state index >= 15 is 0 Å². The van der Waals surface area contributed by atoms with Crippen LogP contribution in [0.25, 0.3) is 11.4 Å². The fraction of sp³-hybridized carbons (Fsp3) is 0.630. The quantitative estimate of drug-likeness (QED) is 0.320. The molecule has 0 bridgehead atoms. The van der Waals surface area contributed by atoms with Crippen molar-refractivity contribution in [3.05, 3.63) is 35.7 Å². The summed E-state index contributed by atoms with van der Waals surface area (Å²) >= 11 is 0. The van der Waals surface area contributed by atoms with Gasteiger partial charge in [0.15, 0.2) is 0 Å². The van der Waals surface area contributed by atoms with Gasteiger partial charge in [0.2, 0.25) is 17.6 Å². The zero-order valence-corrected chi connectivity index (χ0v) is 22.0. The van der Waals surface area contributed by atoms with E-state index in [4.69, 9.17) is 9.26 Å². The zero-order valence-electron chi connectivity index (χ0n) is 22.0. The SMILES string of the molecule is CCCCCCCCCCc1ccc(-c2noc(CNC(=O)[C@H](C)NC(=O)OC(C)(C)C)n2)cc1. The first-order valence-electron chi connectivity index (χ1n) is 12.9. The minimum Gasteiger partial charge on any atom is -0.444 e. The van der Waals surface area contributed by atoms with E-state index in [1.165, 1.54) is 56.9 Å². The largest absolute Gasteiger partial charge is 0.444 e. The minimum atomic E-state index is -0.763. The lowest BCUT2D eigenvalue weighted by molar-refractivity contribution is -0.123. The third-order valence-electron chi connectivity index (χ3n) is 5.54. The number of hydrogen-bond acceptors (Lipinski definition) is 6. The number of hydrogen-bond donors (Lipinski definition) is 2. The highest BCUT2D eigenvalue weighted by atomic mass is 16.6.